The molecule has 23 heavy (non-hydrogen) atoms. The Kier molecular flexibility index (Phi) is 3.88. The number of benzene rings is 1. The average Bonchev–Trinajstić information content (AvgIpc) is 2.53. The molecule has 1 atom stereocenters. The number of carbonyl (C=O) groups is 1. The summed E-state index contributed by atoms with van der Waals surface area (Å²) in [5, 5.41) is 9.79. The number of aromatic carboxylic acids is 1. The molecule has 3 rings (SSSR count). The van der Waals surface area contributed by atoms with E-state index in [-0.39, 0.29) is 5.56 Å². The van der Waals surface area contributed by atoms with Gasteiger partial charge in [-0.2, -0.15) is 0 Å². The fourth-order valence-corrected chi connectivity index (χ4v) is 3.08. The third-order valence-electron chi connectivity index (χ3n) is 4.43. The zero-order chi connectivity index (χ0) is 16.6. The molecule has 1 unspecified atom stereocenters. The van der Waals surface area contributed by atoms with Gasteiger partial charge in [0.05, 0.1) is 11.1 Å². The number of allylic oxidation sites excluding steroid dienone is 2. The van der Waals surface area contributed by atoms with Crippen molar-refractivity contribution in [2.45, 2.75) is 32.1 Å². The molecular formula is C18H17F2NO2. The number of halogens is 2. The first kappa shape index (κ1) is 15.6. The third kappa shape index (κ3) is 3.09. The molecule has 0 radical (unpaired) electrons. The van der Waals surface area contributed by atoms with Crippen molar-refractivity contribution in [2.75, 3.05) is 0 Å². The quantitative estimate of drug-likeness (QED) is 0.887. The lowest BCUT2D eigenvalue weighted by Crippen LogP contribution is -2.25. The van der Waals surface area contributed by atoms with Crippen LogP contribution in [0.1, 0.15) is 42.1 Å². The van der Waals surface area contributed by atoms with Crippen LogP contribution >= 0.6 is 0 Å². The molecule has 0 saturated carbocycles. The van der Waals surface area contributed by atoms with Gasteiger partial charge in [-0.3, -0.25) is 4.98 Å². The van der Waals surface area contributed by atoms with Crippen LogP contribution in [0.4, 0.5) is 8.78 Å². The first-order chi connectivity index (χ1) is 10.9. The zero-order valence-electron chi connectivity index (χ0n) is 12.7. The lowest BCUT2D eigenvalue weighted by atomic mass is 9.83. The van der Waals surface area contributed by atoms with Crippen molar-refractivity contribution in [1.29, 1.82) is 0 Å². The van der Waals surface area contributed by atoms with Gasteiger partial charge in [0.25, 0.3) is 0 Å². The Morgan fingerprint density at radius 3 is 2.78 bits per heavy atom. The molecule has 1 aliphatic carbocycles. The second kappa shape index (κ2) is 5.72. The molecule has 0 spiro atoms. The summed E-state index contributed by atoms with van der Waals surface area (Å²) >= 11 is 0. The van der Waals surface area contributed by atoms with E-state index in [1.54, 1.807) is 6.07 Å². The largest absolute Gasteiger partial charge is 0.478 e. The van der Waals surface area contributed by atoms with Gasteiger partial charge in [0.1, 0.15) is 0 Å². The molecular weight excluding hydrogens is 300 g/mol. The summed E-state index contributed by atoms with van der Waals surface area (Å²) in [6, 6.07) is 7.14. The topological polar surface area (TPSA) is 50.2 Å². The zero-order valence-corrected chi connectivity index (χ0v) is 12.7. The van der Waals surface area contributed by atoms with Crippen molar-refractivity contribution in [3.05, 3.63) is 47.7 Å². The maximum absolute atomic E-state index is 13.4. The number of carboxylic acid groups (broad SMARTS) is 1. The van der Waals surface area contributed by atoms with Gasteiger partial charge >= 0.3 is 5.97 Å². The van der Waals surface area contributed by atoms with E-state index < -0.39 is 17.8 Å². The van der Waals surface area contributed by atoms with Crippen molar-refractivity contribution < 1.29 is 18.7 Å². The lowest BCUT2D eigenvalue weighted by molar-refractivity contribution is -0.0421. The van der Waals surface area contributed by atoms with E-state index in [4.69, 9.17) is 5.11 Å². The molecule has 1 aromatic heterocycles. The van der Waals surface area contributed by atoms with Gasteiger partial charge in [-0.1, -0.05) is 24.3 Å². The number of hydrogen-bond donors (Lipinski definition) is 1. The normalized spacial score (nSPS) is 18.7. The van der Waals surface area contributed by atoms with Crippen molar-refractivity contribution in [2.24, 2.45) is 5.92 Å². The van der Waals surface area contributed by atoms with E-state index in [0.717, 1.165) is 23.4 Å². The van der Waals surface area contributed by atoms with Crippen LogP contribution in [0.2, 0.25) is 0 Å². The maximum Gasteiger partial charge on any atom is 0.337 e. The summed E-state index contributed by atoms with van der Waals surface area (Å²) in [5.41, 5.74) is 2.76. The standard InChI is InChI=1S/C18H17F2NO2/c1-18(19,20)14-7-5-11(6-8-14)15-4-2-3-12-9-13(17(22)23)10-21-16(12)15/h2-5,9-10,14H,6-8H2,1H3,(H,22,23). The summed E-state index contributed by atoms with van der Waals surface area (Å²) in [7, 11) is 0. The van der Waals surface area contributed by atoms with Gasteiger partial charge in [-0.05, 0) is 37.8 Å². The minimum atomic E-state index is -2.66. The fraction of sp³-hybridized carbons (Fsp3) is 0.333. The number of pyridine rings is 1. The van der Waals surface area contributed by atoms with E-state index >= 15 is 0 Å². The Morgan fingerprint density at radius 2 is 2.17 bits per heavy atom. The highest BCUT2D eigenvalue weighted by Crippen LogP contribution is 2.39. The highest BCUT2D eigenvalue weighted by molar-refractivity contribution is 5.96. The van der Waals surface area contributed by atoms with Crippen LogP contribution in [0.15, 0.2) is 36.5 Å². The molecule has 0 saturated heterocycles. The van der Waals surface area contributed by atoms with Gasteiger partial charge in [0.15, 0.2) is 0 Å². The first-order valence-corrected chi connectivity index (χ1v) is 7.55. The van der Waals surface area contributed by atoms with Gasteiger partial charge in [0, 0.05) is 23.1 Å². The van der Waals surface area contributed by atoms with Crippen LogP contribution in [0.3, 0.4) is 0 Å². The Labute approximate surface area is 132 Å². The molecule has 1 heterocycles. The minimum Gasteiger partial charge on any atom is -0.478 e. The van der Waals surface area contributed by atoms with Crippen LogP contribution in [-0.4, -0.2) is 22.0 Å². The van der Waals surface area contributed by atoms with Crippen molar-refractivity contribution in [3.8, 4) is 0 Å². The third-order valence-corrected chi connectivity index (χ3v) is 4.43. The van der Waals surface area contributed by atoms with Crippen LogP contribution in [-0.2, 0) is 0 Å². The van der Waals surface area contributed by atoms with Gasteiger partial charge in [-0.25, -0.2) is 13.6 Å². The number of fused-ring (bicyclic) bond motifs is 1. The molecule has 3 nitrogen and oxygen atoms in total. The van der Waals surface area contributed by atoms with E-state index in [1.165, 1.54) is 6.20 Å². The number of aromatic nitrogens is 1. The molecule has 2 aromatic rings. The van der Waals surface area contributed by atoms with Crippen LogP contribution in [0.5, 0.6) is 0 Å². The van der Waals surface area contributed by atoms with Gasteiger partial charge in [-0.15, -0.1) is 0 Å². The van der Waals surface area contributed by atoms with Crippen LogP contribution in [0.25, 0.3) is 16.5 Å². The summed E-state index contributed by atoms with van der Waals surface area (Å²) < 4.78 is 26.8. The Bertz CT molecular complexity index is 793. The predicted molar refractivity (Wildman–Crippen MR) is 84.6 cm³/mol. The van der Waals surface area contributed by atoms with E-state index in [2.05, 4.69) is 4.98 Å². The maximum atomic E-state index is 13.4. The number of nitrogens with zero attached hydrogens (tertiary/aromatic N) is 1. The Hall–Kier alpha value is -2.30. The second-order valence-electron chi connectivity index (χ2n) is 6.06. The average molecular weight is 317 g/mol. The minimum absolute atomic E-state index is 0.137. The number of para-hydroxylation sites is 1. The van der Waals surface area contributed by atoms with Crippen molar-refractivity contribution in [3.63, 3.8) is 0 Å². The molecule has 120 valence electrons. The smallest absolute Gasteiger partial charge is 0.337 e. The molecule has 0 bridgehead atoms. The second-order valence-corrected chi connectivity index (χ2v) is 6.06. The van der Waals surface area contributed by atoms with Crippen LogP contribution in [0, 0.1) is 5.92 Å². The number of alkyl halides is 2. The van der Waals surface area contributed by atoms with Crippen molar-refractivity contribution >= 4 is 22.4 Å². The molecule has 0 fully saturated rings. The Balaban J connectivity index is 1.98. The fourth-order valence-electron chi connectivity index (χ4n) is 3.08. The summed E-state index contributed by atoms with van der Waals surface area (Å²) in [5.74, 6) is -4.29. The molecule has 5 heteroatoms. The van der Waals surface area contributed by atoms with Crippen molar-refractivity contribution in [1.82, 2.24) is 4.98 Å². The highest BCUT2D eigenvalue weighted by atomic mass is 19.3. The monoisotopic (exact) mass is 317 g/mol. The van der Waals surface area contributed by atoms with E-state index in [0.29, 0.717) is 24.8 Å². The molecule has 1 aromatic carbocycles. The summed E-state index contributed by atoms with van der Waals surface area (Å²) in [4.78, 5) is 15.3. The molecule has 0 amide bonds. The van der Waals surface area contributed by atoms with Gasteiger partial charge < -0.3 is 5.11 Å². The van der Waals surface area contributed by atoms with E-state index in [9.17, 15) is 13.6 Å². The highest BCUT2D eigenvalue weighted by Gasteiger charge is 2.34. The lowest BCUT2D eigenvalue weighted by Gasteiger charge is -2.27. The summed E-state index contributed by atoms with van der Waals surface area (Å²) in [6.45, 7) is 0.976. The number of rotatable bonds is 3. The molecule has 1 aliphatic rings. The molecule has 0 aliphatic heterocycles. The SMILES string of the molecule is CC(F)(F)C1CC=C(c2cccc3cc(C(=O)O)cnc23)CC1. The first-order valence-electron chi connectivity index (χ1n) is 7.55. The summed E-state index contributed by atoms with van der Waals surface area (Å²) in [6.07, 6.45) is 4.57. The Morgan fingerprint density at radius 1 is 1.39 bits per heavy atom. The number of carboxylic acids is 1. The predicted octanol–water partition coefficient (Wildman–Crippen LogP) is 4.77. The number of hydrogen-bond acceptors (Lipinski definition) is 2. The van der Waals surface area contributed by atoms with E-state index in [1.807, 2.05) is 24.3 Å². The van der Waals surface area contributed by atoms with Gasteiger partial charge in [0.2, 0.25) is 5.92 Å². The van der Waals surface area contributed by atoms with Crippen LogP contribution < -0.4 is 0 Å². The molecule has 1 N–H and O–H groups in total.